The Morgan fingerprint density at radius 1 is 1.09 bits per heavy atom. The molecule has 1 heterocycles. The van der Waals surface area contributed by atoms with Crippen molar-refractivity contribution in [3.05, 3.63) is 87.6 Å². The van der Waals surface area contributed by atoms with Crippen LogP contribution in [-0.4, -0.2) is 47.4 Å². The van der Waals surface area contributed by atoms with Gasteiger partial charge in [-0.15, -0.1) is 0 Å². The van der Waals surface area contributed by atoms with Gasteiger partial charge in [-0.25, -0.2) is 22.6 Å². The summed E-state index contributed by atoms with van der Waals surface area (Å²) < 4.78 is 46.4. The Hall–Kier alpha value is -4.15. The molecule has 0 aliphatic carbocycles. The lowest BCUT2D eigenvalue weighted by Gasteiger charge is -2.11. The minimum absolute atomic E-state index is 0.0493. The molecule has 0 aliphatic heterocycles. The lowest BCUT2D eigenvalue weighted by Crippen LogP contribution is -2.24. The molecule has 8 nitrogen and oxygen atoms in total. The Morgan fingerprint density at radius 3 is 2.47 bits per heavy atom. The molecule has 0 fully saturated rings. The second-order valence-corrected chi connectivity index (χ2v) is 7.47. The largest absolute Gasteiger partial charge is 0.449 e. The van der Waals surface area contributed by atoms with Gasteiger partial charge in [-0.1, -0.05) is 12.1 Å². The minimum Gasteiger partial charge on any atom is -0.449 e. The average molecular weight is 474 g/mol. The van der Waals surface area contributed by atoms with Gasteiger partial charge in [0.25, 0.3) is 0 Å². The maximum absolute atomic E-state index is 13.6. The molecule has 0 saturated heterocycles. The summed E-state index contributed by atoms with van der Waals surface area (Å²) in [6.07, 6.45) is 0.568. The number of carbonyl (C=O) groups is 2. The van der Waals surface area contributed by atoms with Gasteiger partial charge in [-0.3, -0.25) is 14.9 Å². The molecule has 11 heteroatoms. The Balaban J connectivity index is 1.71. The van der Waals surface area contributed by atoms with Crippen LogP contribution in [0.15, 0.2) is 53.5 Å². The standard InChI is InChI=1S/C23H21F3N4O4/c1-29(2)21(32)7-9-34-23(33)27-15-5-3-4-14(10-15)11-19-20(31)6-8-30(28-19)16-12-17(24)22(26)18(25)13-16/h3-6,8,10,12-13H,7,9,11H2,1-2H3,(H,27,33). The Labute approximate surface area is 192 Å². The summed E-state index contributed by atoms with van der Waals surface area (Å²) in [5.74, 6) is -4.54. The first-order valence-electron chi connectivity index (χ1n) is 10.1. The second kappa shape index (κ2) is 10.6. The maximum atomic E-state index is 13.6. The van der Waals surface area contributed by atoms with Crippen LogP contribution in [0, 0.1) is 17.5 Å². The lowest BCUT2D eigenvalue weighted by atomic mass is 10.1. The molecular weight excluding hydrogens is 453 g/mol. The van der Waals surface area contributed by atoms with E-state index in [0.717, 1.165) is 16.8 Å². The molecule has 0 unspecified atom stereocenters. The van der Waals surface area contributed by atoms with Crippen molar-refractivity contribution in [2.75, 3.05) is 26.0 Å². The number of rotatable bonds is 7. The molecule has 0 radical (unpaired) electrons. The summed E-state index contributed by atoms with van der Waals surface area (Å²) in [5.41, 5.74) is 0.556. The van der Waals surface area contributed by atoms with E-state index in [-0.39, 0.29) is 36.7 Å². The third-order valence-electron chi connectivity index (χ3n) is 4.71. The van der Waals surface area contributed by atoms with Crippen molar-refractivity contribution in [3.8, 4) is 5.69 Å². The zero-order valence-electron chi connectivity index (χ0n) is 18.3. The third kappa shape index (κ3) is 6.21. The van der Waals surface area contributed by atoms with Crippen molar-refractivity contribution in [2.24, 2.45) is 0 Å². The van der Waals surface area contributed by atoms with Crippen LogP contribution in [0.1, 0.15) is 17.7 Å². The predicted octanol–water partition coefficient (Wildman–Crippen LogP) is 3.27. The van der Waals surface area contributed by atoms with Crippen LogP contribution in [-0.2, 0) is 16.0 Å². The predicted molar refractivity (Wildman–Crippen MR) is 117 cm³/mol. The number of benzene rings is 2. The maximum Gasteiger partial charge on any atom is 0.411 e. The van der Waals surface area contributed by atoms with Crippen LogP contribution in [0.5, 0.6) is 0 Å². The number of carbonyl (C=O) groups excluding carboxylic acids is 2. The highest BCUT2D eigenvalue weighted by Crippen LogP contribution is 2.17. The number of nitrogens with one attached hydrogen (secondary N) is 1. The van der Waals surface area contributed by atoms with E-state index in [9.17, 15) is 27.6 Å². The van der Waals surface area contributed by atoms with E-state index in [0.29, 0.717) is 11.3 Å². The number of ether oxygens (including phenoxy) is 1. The zero-order valence-corrected chi connectivity index (χ0v) is 18.3. The summed E-state index contributed by atoms with van der Waals surface area (Å²) in [6.45, 7) is -0.0827. The van der Waals surface area contributed by atoms with E-state index in [4.69, 9.17) is 4.74 Å². The van der Waals surface area contributed by atoms with Crippen LogP contribution in [0.2, 0.25) is 0 Å². The molecule has 0 aliphatic rings. The molecule has 0 atom stereocenters. The monoisotopic (exact) mass is 474 g/mol. The highest BCUT2D eigenvalue weighted by atomic mass is 19.2. The fraction of sp³-hybridized carbons (Fsp3) is 0.217. The number of aromatic nitrogens is 2. The fourth-order valence-electron chi connectivity index (χ4n) is 2.95. The van der Waals surface area contributed by atoms with Gasteiger partial charge >= 0.3 is 6.09 Å². The summed E-state index contributed by atoms with van der Waals surface area (Å²) >= 11 is 0. The molecule has 0 saturated carbocycles. The van der Waals surface area contributed by atoms with Gasteiger partial charge in [0.15, 0.2) is 17.5 Å². The van der Waals surface area contributed by atoms with Crippen molar-refractivity contribution >= 4 is 17.7 Å². The number of amides is 2. The lowest BCUT2D eigenvalue weighted by molar-refractivity contribution is -0.129. The Kier molecular flexibility index (Phi) is 7.67. The van der Waals surface area contributed by atoms with Gasteiger partial charge in [0, 0.05) is 50.6 Å². The summed E-state index contributed by atoms with van der Waals surface area (Å²) in [7, 11) is 3.20. The number of anilines is 1. The molecule has 1 aromatic heterocycles. The third-order valence-corrected chi connectivity index (χ3v) is 4.71. The van der Waals surface area contributed by atoms with Gasteiger partial charge < -0.3 is 9.64 Å². The Bertz CT molecular complexity index is 1250. The van der Waals surface area contributed by atoms with Crippen molar-refractivity contribution < 1.29 is 27.5 Å². The summed E-state index contributed by atoms with van der Waals surface area (Å²) in [6, 6.07) is 9.26. The van der Waals surface area contributed by atoms with E-state index in [1.165, 1.54) is 17.2 Å². The fourth-order valence-corrected chi connectivity index (χ4v) is 2.95. The van der Waals surface area contributed by atoms with Crippen LogP contribution in [0.3, 0.4) is 0 Å². The van der Waals surface area contributed by atoms with Gasteiger partial charge in [-0.05, 0) is 17.7 Å². The highest BCUT2D eigenvalue weighted by Gasteiger charge is 2.13. The molecule has 1 N–H and O–H groups in total. The van der Waals surface area contributed by atoms with Crippen molar-refractivity contribution in [3.63, 3.8) is 0 Å². The molecule has 178 valence electrons. The Morgan fingerprint density at radius 2 is 1.79 bits per heavy atom. The van der Waals surface area contributed by atoms with Crippen molar-refractivity contribution in [1.82, 2.24) is 14.7 Å². The summed E-state index contributed by atoms with van der Waals surface area (Å²) in [5, 5.41) is 6.64. The SMILES string of the molecule is CN(C)C(=O)CCOC(=O)Nc1cccc(Cc2nn(-c3cc(F)c(F)c(F)c3)ccc2=O)c1. The topological polar surface area (TPSA) is 93.5 Å². The van der Waals surface area contributed by atoms with E-state index in [1.807, 2.05) is 0 Å². The first kappa shape index (κ1) is 24.5. The van der Waals surface area contributed by atoms with Crippen LogP contribution in [0.25, 0.3) is 5.69 Å². The molecular formula is C23H21F3N4O4. The van der Waals surface area contributed by atoms with E-state index in [1.54, 1.807) is 38.4 Å². The molecule has 2 aromatic carbocycles. The van der Waals surface area contributed by atoms with Gasteiger partial charge in [0.2, 0.25) is 11.3 Å². The van der Waals surface area contributed by atoms with Crippen molar-refractivity contribution in [1.29, 1.82) is 0 Å². The minimum atomic E-state index is -1.60. The number of halogens is 3. The quantitative estimate of drug-likeness (QED) is 0.531. The van der Waals surface area contributed by atoms with E-state index >= 15 is 0 Å². The van der Waals surface area contributed by atoms with Gasteiger partial charge in [0.1, 0.15) is 12.3 Å². The smallest absolute Gasteiger partial charge is 0.411 e. The van der Waals surface area contributed by atoms with Gasteiger partial charge in [0.05, 0.1) is 12.1 Å². The molecule has 3 rings (SSSR count). The first-order valence-corrected chi connectivity index (χ1v) is 10.1. The second-order valence-electron chi connectivity index (χ2n) is 7.47. The van der Waals surface area contributed by atoms with Crippen LogP contribution in [0.4, 0.5) is 23.7 Å². The molecule has 3 aromatic rings. The van der Waals surface area contributed by atoms with Gasteiger partial charge in [-0.2, -0.15) is 5.10 Å². The number of hydrogen-bond donors (Lipinski definition) is 1. The van der Waals surface area contributed by atoms with E-state index < -0.39 is 29.0 Å². The number of hydrogen-bond acceptors (Lipinski definition) is 5. The van der Waals surface area contributed by atoms with Crippen molar-refractivity contribution in [2.45, 2.75) is 12.8 Å². The first-order chi connectivity index (χ1) is 16.1. The highest BCUT2D eigenvalue weighted by molar-refractivity contribution is 5.85. The molecule has 0 spiro atoms. The molecule has 0 bridgehead atoms. The normalized spacial score (nSPS) is 10.6. The average Bonchev–Trinajstić information content (AvgIpc) is 2.78. The van der Waals surface area contributed by atoms with Crippen LogP contribution < -0.4 is 10.7 Å². The number of nitrogens with zero attached hydrogens (tertiary/aromatic N) is 3. The van der Waals surface area contributed by atoms with Crippen LogP contribution >= 0.6 is 0 Å². The molecule has 34 heavy (non-hydrogen) atoms. The zero-order chi connectivity index (χ0) is 24.8. The molecule has 2 amide bonds. The summed E-state index contributed by atoms with van der Waals surface area (Å²) in [4.78, 5) is 37.1. The van der Waals surface area contributed by atoms with E-state index in [2.05, 4.69) is 10.4 Å².